The summed E-state index contributed by atoms with van der Waals surface area (Å²) in [5.74, 6) is 2.28. The number of carbonyl (C=O) groups excluding carboxylic acids is 2. The van der Waals surface area contributed by atoms with Gasteiger partial charge >= 0.3 is 0 Å². The van der Waals surface area contributed by atoms with E-state index in [1.165, 1.54) is 0 Å². The number of hydrogen-bond donors (Lipinski definition) is 4. The normalized spacial score (nSPS) is 16.5. The second kappa shape index (κ2) is 14.6. The van der Waals surface area contributed by atoms with Crippen molar-refractivity contribution in [2.24, 2.45) is 11.8 Å². The third kappa shape index (κ3) is 11.5. The molecule has 0 saturated carbocycles. The molecule has 0 amide bonds. The first kappa shape index (κ1) is 26.7. The average molecular weight is 441 g/mol. The maximum atomic E-state index is 11.7. The number of rotatable bonds is 15. The lowest BCUT2D eigenvalue weighted by molar-refractivity contribution is -0.118. The Morgan fingerprint density at radius 2 is 1.08 bits per heavy atom. The monoisotopic (exact) mass is 440 g/mol. The van der Waals surface area contributed by atoms with Gasteiger partial charge in [-0.25, -0.2) is 0 Å². The van der Waals surface area contributed by atoms with Crippen LogP contribution in [0.15, 0.2) is 0 Å². The fourth-order valence-electron chi connectivity index (χ4n) is 2.32. The van der Waals surface area contributed by atoms with Crippen LogP contribution >= 0.6 is 49.2 Å². The molecule has 0 bridgehead atoms. The second-order valence-corrected chi connectivity index (χ2v) is 10.4. The van der Waals surface area contributed by atoms with Crippen LogP contribution in [0, 0.1) is 11.8 Å². The van der Waals surface area contributed by atoms with Gasteiger partial charge in [-0.1, -0.05) is 51.6 Å². The van der Waals surface area contributed by atoms with Gasteiger partial charge in [0.2, 0.25) is 0 Å². The van der Waals surface area contributed by atoms with Crippen LogP contribution in [0.25, 0.3) is 0 Å². The van der Waals surface area contributed by atoms with Crippen LogP contribution in [0.2, 0.25) is 0 Å². The predicted molar refractivity (Wildman–Crippen MR) is 125 cm³/mol. The number of carbonyl (C=O) groups is 2. The van der Waals surface area contributed by atoms with E-state index in [4.69, 9.17) is 0 Å². The highest BCUT2D eigenvalue weighted by Crippen LogP contribution is 2.32. The van der Waals surface area contributed by atoms with E-state index in [0.717, 1.165) is 12.8 Å². The van der Waals surface area contributed by atoms with Crippen LogP contribution in [0.3, 0.4) is 0 Å². The molecule has 0 aromatic rings. The van der Waals surface area contributed by atoms with Crippen molar-refractivity contribution in [1.82, 2.24) is 9.44 Å². The van der Waals surface area contributed by atoms with Crippen LogP contribution < -0.4 is 9.44 Å². The first-order chi connectivity index (χ1) is 12.1. The molecule has 154 valence electrons. The highest BCUT2D eigenvalue weighted by atomic mass is 32.2. The Morgan fingerprint density at radius 1 is 0.769 bits per heavy atom. The topological polar surface area (TPSA) is 58.2 Å². The molecular formula is C18H36N2O2S4. The largest absolute Gasteiger partial charge is 0.298 e. The van der Waals surface area contributed by atoms with Crippen LogP contribution in [0.5, 0.6) is 0 Å². The summed E-state index contributed by atoms with van der Waals surface area (Å²) in [7, 11) is 0. The smallest absolute Gasteiger partial charge is 0.148 e. The van der Waals surface area contributed by atoms with Gasteiger partial charge < -0.3 is 0 Å². The van der Waals surface area contributed by atoms with Crippen molar-refractivity contribution in [2.45, 2.75) is 77.0 Å². The SMILES string of the molecule is CC(=O)[C@H](CS)NSC(CC(C)C)C(CC(C)C)SN[C@@H](CS)C(C)=O. The van der Waals surface area contributed by atoms with E-state index in [1.807, 2.05) is 0 Å². The molecule has 2 unspecified atom stereocenters. The number of Topliss-reactive ketones (excluding diaryl/α,β-unsaturated/α-hetero) is 2. The molecule has 0 aliphatic carbocycles. The highest BCUT2D eigenvalue weighted by Gasteiger charge is 2.27. The molecule has 2 N–H and O–H groups in total. The van der Waals surface area contributed by atoms with E-state index in [9.17, 15) is 9.59 Å². The lowest BCUT2D eigenvalue weighted by Gasteiger charge is -2.31. The van der Waals surface area contributed by atoms with Gasteiger partial charge in [0, 0.05) is 22.0 Å². The van der Waals surface area contributed by atoms with E-state index in [0.29, 0.717) is 33.8 Å². The quantitative estimate of drug-likeness (QED) is 0.227. The Hall–Kier alpha value is 0.660. The summed E-state index contributed by atoms with van der Waals surface area (Å²) in [6.07, 6.45) is 2.07. The van der Waals surface area contributed by atoms with Crippen molar-refractivity contribution in [3.63, 3.8) is 0 Å². The molecule has 0 aromatic heterocycles. The second-order valence-electron chi connectivity index (χ2n) is 7.50. The van der Waals surface area contributed by atoms with E-state index >= 15 is 0 Å². The van der Waals surface area contributed by atoms with Crippen molar-refractivity contribution in [2.75, 3.05) is 11.5 Å². The van der Waals surface area contributed by atoms with Crippen LogP contribution in [-0.2, 0) is 9.59 Å². The van der Waals surface area contributed by atoms with E-state index in [1.54, 1.807) is 37.7 Å². The van der Waals surface area contributed by atoms with E-state index in [-0.39, 0.29) is 23.7 Å². The summed E-state index contributed by atoms with van der Waals surface area (Å²) in [4.78, 5) is 23.4. The molecule has 0 saturated heterocycles. The molecule has 4 atom stereocenters. The molecule has 0 fully saturated rings. The molecule has 0 rings (SSSR count). The molecule has 26 heavy (non-hydrogen) atoms. The molecular weight excluding hydrogens is 404 g/mol. The summed E-state index contributed by atoms with van der Waals surface area (Å²) in [6, 6.07) is -0.476. The van der Waals surface area contributed by atoms with Gasteiger partial charge in [0.25, 0.3) is 0 Å². The van der Waals surface area contributed by atoms with Crippen molar-refractivity contribution >= 4 is 60.7 Å². The number of ketones is 2. The lowest BCUT2D eigenvalue weighted by atomic mass is 10.00. The summed E-state index contributed by atoms with van der Waals surface area (Å²) in [6.45, 7) is 12.0. The first-order valence-corrected chi connectivity index (χ1v) is 12.2. The number of nitrogens with one attached hydrogen (secondary N) is 2. The minimum Gasteiger partial charge on any atom is -0.298 e. The summed E-state index contributed by atoms with van der Waals surface area (Å²) in [5.41, 5.74) is 0. The van der Waals surface area contributed by atoms with E-state index < -0.39 is 0 Å². The fraction of sp³-hybridized carbons (Fsp3) is 0.889. The molecule has 0 aliphatic heterocycles. The minimum atomic E-state index is -0.238. The van der Waals surface area contributed by atoms with Crippen LogP contribution in [-0.4, -0.2) is 45.7 Å². The highest BCUT2D eigenvalue weighted by molar-refractivity contribution is 8.02. The van der Waals surface area contributed by atoms with Crippen LogP contribution in [0.1, 0.15) is 54.4 Å². The molecule has 8 heteroatoms. The van der Waals surface area contributed by atoms with Gasteiger partial charge in [0.1, 0.15) is 11.6 Å². The third-order valence-electron chi connectivity index (χ3n) is 3.89. The number of thiol groups is 2. The maximum absolute atomic E-state index is 11.7. The Morgan fingerprint density at radius 3 is 1.27 bits per heavy atom. The maximum Gasteiger partial charge on any atom is 0.148 e. The zero-order valence-corrected chi connectivity index (χ0v) is 20.2. The van der Waals surface area contributed by atoms with E-state index in [2.05, 4.69) is 62.4 Å². The predicted octanol–water partition coefficient (Wildman–Crippen LogP) is 4.07. The van der Waals surface area contributed by atoms with Gasteiger partial charge in [-0.3, -0.25) is 19.0 Å². The van der Waals surface area contributed by atoms with Gasteiger partial charge in [-0.15, -0.1) is 0 Å². The van der Waals surface area contributed by atoms with Gasteiger partial charge in [-0.2, -0.15) is 25.3 Å². The van der Waals surface area contributed by atoms with Crippen molar-refractivity contribution in [3.05, 3.63) is 0 Å². The van der Waals surface area contributed by atoms with Crippen molar-refractivity contribution in [3.8, 4) is 0 Å². The molecule has 0 spiro atoms. The standard InChI is InChI=1S/C18H36N2O2S4/c1-11(2)7-17(25-19-15(9-23)13(5)21)18(8-12(3)4)26-20-16(10-24)14(6)22/h11-12,15-20,23-24H,7-10H2,1-6H3/t15-,16-,17?,18?/m0/s1. The third-order valence-corrected chi connectivity index (χ3v) is 7.28. The van der Waals surface area contributed by atoms with Crippen LogP contribution in [0.4, 0.5) is 0 Å². The minimum absolute atomic E-state index is 0.105. The van der Waals surface area contributed by atoms with Crippen molar-refractivity contribution < 1.29 is 9.59 Å². The lowest BCUT2D eigenvalue weighted by Crippen LogP contribution is -2.39. The fourth-order valence-corrected chi connectivity index (χ4v) is 6.26. The molecule has 4 nitrogen and oxygen atoms in total. The average Bonchev–Trinajstić information content (AvgIpc) is 2.52. The first-order valence-electron chi connectivity index (χ1n) is 9.17. The molecule has 0 aliphatic rings. The molecule has 0 aromatic carbocycles. The Kier molecular flexibility index (Phi) is 15.0. The zero-order valence-electron chi connectivity index (χ0n) is 16.8. The Balaban J connectivity index is 5.13. The van der Waals surface area contributed by atoms with Gasteiger partial charge in [0.05, 0.1) is 12.1 Å². The summed E-state index contributed by atoms with van der Waals surface area (Å²) >= 11 is 11.8. The zero-order chi connectivity index (χ0) is 20.3. The number of hydrogen-bond acceptors (Lipinski definition) is 8. The van der Waals surface area contributed by atoms with Crippen molar-refractivity contribution in [1.29, 1.82) is 0 Å². The molecule has 0 radical (unpaired) electrons. The Labute approximate surface area is 179 Å². The van der Waals surface area contributed by atoms with Gasteiger partial charge in [0.15, 0.2) is 0 Å². The summed E-state index contributed by atoms with van der Waals surface area (Å²) in [5, 5.41) is 0.647. The Bertz CT molecular complexity index is 384. The summed E-state index contributed by atoms with van der Waals surface area (Å²) < 4.78 is 6.64. The molecule has 0 heterocycles. The van der Waals surface area contributed by atoms with Gasteiger partial charge in [-0.05, 0) is 38.5 Å².